The number of halogens is 1. The van der Waals surface area contributed by atoms with Crippen LogP contribution in [0.4, 0.5) is 0 Å². The number of aliphatic imine (C=N–C) groups is 1. The Hall–Kier alpha value is -2.14. The highest BCUT2D eigenvalue weighted by Gasteiger charge is 2.28. The molecule has 0 bridgehead atoms. The maximum Gasteiger partial charge on any atom is 0.203 e. The summed E-state index contributed by atoms with van der Waals surface area (Å²) in [7, 11) is 4.73. The third-order valence-electron chi connectivity index (χ3n) is 4.71. The van der Waals surface area contributed by atoms with E-state index in [4.69, 9.17) is 18.6 Å². The van der Waals surface area contributed by atoms with Gasteiger partial charge in [0.2, 0.25) is 5.75 Å². The largest absolute Gasteiger partial charge is 0.493 e. The fraction of sp³-hybridized carbons (Fsp3) is 0.500. The van der Waals surface area contributed by atoms with E-state index in [0.29, 0.717) is 42.1 Å². The molecule has 1 heterocycles. The summed E-state index contributed by atoms with van der Waals surface area (Å²) in [6.07, 6.45) is 0. The molecule has 1 unspecified atom stereocenters. The third-order valence-corrected chi connectivity index (χ3v) is 4.71. The summed E-state index contributed by atoms with van der Waals surface area (Å²) >= 11 is 0. The van der Waals surface area contributed by atoms with Crippen molar-refractivity contribution in [2.45, 2.75) is 39.8 Å². The first kappa shape index (κ1) is 26.9. The zero-order chi connectivity index (χ0) is 22.3. The molecule has 0 aliphatic heterocycles. The maximum absolute atomic E-state index is 10.9. The Kier molecular flexibility index (Phi) is 10.4. The Morgan fingerprint density at radius 2 is 1.68 bits per heavy atom. The number of ether oxygens (including phenoxy) is 3. The van der Waals surface area contributed by atoms with Crippen molar-refractivity contribution in [2.24, 2.45) is 4.99 Å². The fourth-order valence-electron chi connectivity index (χ4n) is 3.26. The number of rotatable bonds is 9. The van der Waals surface area contributed by atoms with E-state index in [1.165, 1.54) is 0 Å². The summed E-state index contributed by atoms with van der Waals surface area (Å²) in [4.78, 5) is 4.62. The topological polar surface area (TPSA) is 97.5 Å². The third kappa shape index (κ3) is 6.93. The van der Waals surface area contributed by atoms with Gasteiger partial charge in [-0.25, -0.2) is 4.99 Å². The highest BCUT2D eigenvalue weighted by Crippen LogP contribution is 2.38. The van der Waals surface area contributed by atoms with E-state index in [0.717, 1.165) is 16.9 Å². The lowest BCUT2D eigenvalue weighted by molar-refractivity contribution is 0.0601. The van der Waals surface area contributed by atoms with E-state index >= 15 is 0 Å². The van der Waals surface area contributed by atoms with Crippen LogP contribution in [0.25, 0.3) is 0 Å². The molecule has 8 nitrogen and oxygen atoms in total. The summed E-state index contributed by atoms with van der Waals surface area (Å²) in [5.74, 6) is 3.76. The number of benzene rings is 1. The Morgan fingerprint density at radius 1 is 1.06 bits per heavy atom. The van der Waals surface area contributed by atoms with Gasteiger partial charge in [-0.05, 0) is 51.5 Å². The quantitative estimate of drug-likeness (QED) is 0.251. The van der Waals surface area contributed by atoms with Gasteiger partial charge in [0.1, 0.15) is 17.1 Å². The molecule has 2 aromatic rings. The van der Waals surface area contributed by atoms with Crippen molar-refractivity contribution in [1.29, 1.82) is 0 Å². The van der Waals surface area contributed by atoms with Crippen LogP contribution in [0.1, 0.15) is 36.5 Å². The smallest absolute Gasteiger partial charge is 0.203 e. The zero-order valence-electron chi connectivity index (χ0n) is 19.3. The van der Waals surface area contributed by atoms with Crippen molar-refractivity contribution in [1.82, 2.24) is 10.6 Å². The van der Waals surface area contributed by atoms with Crippen LogP contribution >= 0.6 is 24.0 Å². The summed E-state index contributed by atoms with van der Waals surface area (Å²) in [5, 5.41) is 17.3. The minimum atomic E-state index is -1.11. The normalized spacial score (nSPS) is 13.1. The molecule has 0 radical (unpaired) electrons. The summed E-state index contributed by atoms with van der Waals surface area (Å²) in [6, 6.07) is 5.58. The molecule has 3 N–H and O–H groups in total. The molecule has 1 aromatic heterocycles. The van der Waals surface area contributed by atoms with Gasteiger partial charge in [-0.1, -0.05) is 0 Å². The first-order valence-electron chi connectivity index (χ1n) is 9.86. The number of methoxy groups -OCH3 is 3. The van der Waals surface area contributed by atoms with Crippen LogP contribution in [0, 0.1) is 13.8 Å². The average molecular weight is 547 g/mol. The SMILES string of the molecule is CCNC(=NCc1cc(OC)c(OC)c(OC)c1)NCC(C)(O)c1cc(C)oc1C.I. The molecule has 1 atom stereocenters. The standard InChI is InChI=1S/C22H33N3O5.HI/c1-8-23-21(25-13-22(4,26)17-9-14(2)30-15(17)3)24-12-16-10-18(27-5)20(29-7)19(11-16)28-6;/h9-11,26H,8,12-13H2,1-7H3,(H2,23,24,25);1H. The van der Waals surface area contributed by atoms with Crippen LogP contribution in [-0.2, 0) is 12.1 Å². The van der Waals surface area contributed by atoms with Gasteiger partial charge in [0.25, 0.3) is 0 Å². The number of nitrogens with zero attached hydrogens (tertiary/aromatic N) is 1. The van der Waals surface area contributed by atoms with Crippen LogP contribution in [-0.4, -0.2) is 45.5 Å². The van der Waals surface area contributed by atoms with Crippen molar-refractivity contribution in [3.05, 3.63) is 40.8 Å². The Morgan fingerprint density at radius 3 is 2.13 bits per heavy atom. The monoisotopic (exact) mass is 547 g/mol. The van der Waals surface area contributed by atoms with Crippen LogP contribution in [0.5, 0.6) is 17.2 Å². The average Bonchev–Trinajstić information content (AvgIpc) is 3.08. The molecular weight excluding hydrogens is 513 g/mol. The number of aliphatic hydroxyl groups is 1. The van der Waals surface area contributed by atoms with Crippen LogP contribution in [0.3, 0.4) is 0 Å². The predicted octanol–water partition coefficient (Wildman–Crippen LogP) is 3.50. The lowest BCUT2D eigenvalue weighted by atomic mass is 9.96. The van der Waals surface area contributed by atoms with Gasteiger partial charge < -0.3 is 34.4 Å². The summed E-state index contributed by atoms with van der Waals surface area (Å²) in [6.45, 7) is 8.79. The predicted molar refractivity (Wildman–Crippen MR) is 132 cm³/mol. The number of nitrogens with one attached hydrogen (secondary N) is 2. The molecule has 0 aliphatic rings. The highest BCUT2D eigenvalue weighted by molar-refractivity contribution is 14.0. The Labute approximate surface area is 201 Å². The van der Waals surface area contributed by atoms with E-state index in [9.17, 15) is 5.11 Å². The first-order chi connectivity index (χ1) is 14.2. The Balaban J connectivity index is 0.00000480. The molecule has 0 spiro atoms. The maximum atomic E-state index is 10.9. The van der Waals surface area contributed by atoms with Crippen molar-refractivity contribution < 1.29 is 23.7 Å². The first-order valence-corrected chi connectivity index (χ1v) is 9.86. The van der Waals surface area contributed by atoms with E-state index in [2.05, 4.69) is 15.6 Å². The van der Waals surface area contributed by atoms with E-state index in [-0.39, 0.29) is 30.5 Å². The van der Waals surface area contributed by atoms with Crippen LogP contribution in [0.2, 0.25) is 0 Å². The second kappa shape index (κ2) is 12.0. The van der Waals surface area contributed by atoms with Crippen molar-refractivity contribution in [3.63, 3.8) is 0 Å². The lowest BCUT2D eigenvalue weighted by Crippen LogP contribution is -2.44. The number of aryl methyl sites for hydroxylation is 2. The molecule has 2 rings (SSSR count). The summed E-state index contributed by atoms with van der Waals surface area (Å²) in [5.41, 5.74) is 0.549. The van der Waals surface area contributed by atoms with E-state index in [1.54, 1.807) is 28.3 Å². The van der Waals surface area contributed by atoms with Crippen molar-refractivity contribution in [2.75, 3.05) is 34.4 Å². The van der Waals surface area contributed by atoms with Crippen molar-refractivity contribution in [3.8, 4) is 17.2 Å². The minimum absolute atomic E-state index is 0. The van der Waals surface area contributed by atoms with Gasteiger partial charge in [0, 0.05) is 12.1 Å². The van der Waals surface area contributed by atoms with Crippen LogP contribution < -0.4 is 24.8 Å². The van der Waals surface area contributed by atoms with Gasteiger partial charge in [-0.15, -0.1) is 24.0 Å². The Bertz CT molecular complexity index is 855. The molecule has 0 saturated heterocycles. The fourth-order valence-corrected chi connectivity index (χ4v) is 3.26. The molecule has 0 fully saturated rings. The van der Waals surface area contributed by atoms with Crippen molar-refractivity contribution >= 4 is 29.9 Å². The van der Waals surface area contributed by atoms with Gasteiger partial charge in [-0.2, -0.15) is 0 Å². The van der Waals surface area contributed by atoms with Gasteiger partial charge >= 0.3 is 0 Å². The van der Waals surface area contributed by atoms with E-state index < -0.39 is 5.60 Å². The minimum Gasteiger partial charge on any atom is -0.493 e. The number of hydrogen-bond donors (Lipinski definition) is 3. The van der Waals surface area contributed by atoms with Crippen LogP contribution in [0.15, 0.2) is 27.6 Å². The summed E-state index contributed by atoms with van der Waals surface area (Å²) < 4.78 is 21.7. The van der Waals surface area contributed by atoms with Gasteiger partial charge in [0.15, 0.2) is 17.5 Å². The second-order valence-corrected chi connectivity index (χ2v) is 7.18. The lowest BCUT2D eigenvalue weighted by Gasteiger charge is -2.24. The molecular formula is C22H34IN3O5. The molecule has 174 valence electrons. The van der Waals surface area contributed by atoms with Gasteiger partial charge in [-0.3, -0.25) is 0 Å². The molecule has 0 aliphatic carbocycles. The number of guanidine groups is 1. The number of furan rings is 1. The molecule has 9 heteroatoms. The van der Waals surface area contributed by atoms with Gasteiger partial charge in [0.05, 0.1) is 34.4 Å². The number of hydrogen-bond acceptors (Lipinski definition) is 6. The molecule has 31 heavy (non-hydrogen) atoms. The molecule has 0 saturated carbocycles. The highest BCUT2D eigenvalue weighted by atomic mass is 127. The second-order valence-electron chi connectivity index (χ2n) is 7.18. The van der Waals surface area contributed by atoms with E-state index in [1.807, 2.05) is 39.0 Å². The molecule has 1 aromatic carbocycles. The zero-order valence-corrected chi connectivity index (χ0v) is 21.6. The molecule has 0 amide bonds.